The molecule has 0 saturated carbocycles. The summed E-state index contributed by atoms with van der Waals surface area (Å²) >= 11 is 7.74. The quantitative estimate of drug-likeness (QED) is 0.781. The summed E-state index contributed by atoms with van der Waals surface area (Å²) in [7, 11) is 0. The predicted octanol–water partition coefficient (Wildman–Crippen LogP) is 2.99. The average molecular weight is 217 g/mol. The zero-order valence-corrected chi connectivity index (χ0v) is 9.16. The van der Waals surface area contributed by atoms with Crippen LogP contribution in [0.1, 0.15) is 12.0 Å². The zero-order valence-electron chi connectivity index (χ0n) is 7.59. The van der Waals surface area contributed by atoms with Gasteiger partial charge in [-0.3, -0.25) is 0 Å². The summed E-state index contributed by atoms with van der Waals surface area (Å²) in [6.07, 6.45) is 3.66. The number of rotatable bonds is 4. The first kappa shape index (κ1) is 10.9. The molecule has 0 fully saturated rings. The molecule has 0 amide bonds. The molecule has 0 atom stereocenters. The molecular weight excluding hydrogens is 204 g/mol. The maximum atomic E-state index is 8.73. The van der Waals surface area contributed by atoms with Crippen LogP contribution in [0, 0.1) is 0 Å². The van der Waals surface area contributed by atoms with E-state index in [0.29, 0.717) is 0 Å². The van der Waals surface area contributed by atoms with Crippen LogP contribution in [-0.2, 0) is 6.42 Å². The fraction of sp³-hybridized carbons (Fsp3) is 0.400. The second kappa shape index (κ2) is 5.53. The van der Waals surface area contributed by atoms with Gasteiger partial charge in [-0.15, -0.1) is 11.8 Å². The molecule has 3 heteroatoms. The largest absolute Gasteiger partial charge is 0.396 e. The van der Waals surface area contributed by atoms with E-state index in [0.717, 1.165) is 23.4 Å². The average Bonchev–Trinajstić information content (AvgIpc) is 2.15. The molecule has 1 aromatic carbocycles. The summed E-state index contributed by atoms with van der Waals surface area (Å²) in [4.78, 5) is 1.21. The minimum Gasteiger partial charge on any atom is -0.396 e. The minimum absolute atomic E-state index is 0.221. The Balaban J connectivity index is 2.87. The fourth-order valence-corrected chi connectivity index (χ4v) is 2.23. The van der Waals surface area contributed by atoms with Crippen molar-refractivity contribution in [2.24, 2.45) is 0 Å². The van der Waals surface area contributed by atoms with Crippen molar-refractivity contribution >= 4 is 23.4 Å². The number of halogens is 1. The number of aliphatic hydroxyl groups excluding tert-OH is 1. The van der Waals surface area contributed by atoms with E-state index in [9.17, 15) is 0 Å². The molecule has 0 radical (unpaired) electrons. The maximum absolute atomic E-state index is 8.73. The van der Waals surface area contributed by atoms with E-state index in [1.807, 2.05) is 18.4 Å². The van der Waals surface area contributed by atoms with Crippen LogP contribution in [0.3, 0.4) is 0 Å². The van der Waals surface area contributed by atoms with E-state index in [1.165, 1.54) is 4.90 Å². The van der Waals surface area contributed by atoms with Crippen molar-refractivity contribution in [3.05, 3.63) is 28.8 Å². The Morgan fingerprint density at radius 2 is 2.23 bits per heavy atom. The van der Waals surface area contributed by atoms with Crippen molar-refractivity contribution in [1.82, 2.24) is 0 Å². The normalized spacial score (nSPS) is 10.4. The Labute approximate surface area is 88.1 Å². The molecule has 13 heavy (non-hydrogen) atoms. The lowest BCUT2D eigenvalue weighted by Crippen LogP contribution is -1.92. The molecule has 0 unspecified atom stereocenters. The lowest BCUT2D eigenvalue weighted by molar-refractivity contribution is 0.288. The van der Waals surface area contributed by atoms with Gasteiger partial charge in [0.05, 0.1) is 0 Å². The molecular formula is C10H13ClOS. The number of aliphatic hydroxyl groups is 1. The summed E-state index contributed by atoms with van der Waals surface area (Å²) < 4.78 is 0. The molecule has 0 aliphatic carbocycles. The molecule has 1 aromatic rings. The zero-order chi connectivity index (χ0) is 9.68. The molecule has 1 N–H and O–H groups in total. The number of hydrogen-bond donors (Lipinski definition) is 1. The van der Waals surface area contributed by atoms with Gasteiger partial charge in [-0.1, -0.05) is 17.7 Å². The van der Waals surface area contributed by atoms with E-state index in [4.69, 9.17) is 16.7 Å². The van der Waals surface area contributed by atoms with Gasteiger partial charge in [0.1, 0.15) is 0 Å². The van der Waals surface area contributed by atoms with Gasteiger partial charge in [-0.25, -0.2) is 0 Å². The van der Waals surface area contributed by atoms with E-state index in [-0.39, 0.29) is 6.61 Å². The number of thioether (sulfide) groups is 1. The standard InChI is InChI=1S/C10H13ClOS/c1-13-10-6-2-5-9(11)8(10)4-3-7-12/h2,5-6,12H,3-4,7H2,1H3. The SMILES string of the molecule is CSc1cccc(Cl)c1CCCO. The first-order valence-electron chi connectivity index (χ1n) is 4.22. The Hall–Kier alpha value is -0.180. The van der Waals surface area contributed by atoms with Crippen LogP contribution in [0.4, 0.5) is 0 Å². The monoisotopic (exact) mass is 216 g/mol. The molecule has 0 aliphatic rings. The van der Waals surface area contributed by atoms with Gasteiger partial charge < -0.3 is 5.11 Å². The first-order valence-corrected chi connectivity index (χ1v) is 5.82. The molecule has 1 rings (SSSR count). The topological polar surface area (TPSA) is 20.2 Å². The van der Waals surface area contributed by atoms with Crippen molar-refractivity contribution in [3.63, 3.8) is 0 Å². The van der Waals surface area contributed by atoms with Crippen LogP contribution >= 0.6 is 23.4 Å². The van der Waals surface area contributed by atoms with Gasteiger partial charge in [-0.05, 0) is 36.8 Å². The van der Waals surface area contributed by atoms with E-state index >= 15 is 0 Å². The van der Waals surface area contributed by atoms with E-state index < -0.39 is 0 Å². The van der Waals surface area contributed by atoms with Gasteiger partial charge in [-0.2, -0.15) is 0 Å². The Kier molecular flexibility index (Phi) is 4.64. The third-order valence-corrected chi connectivity index (χ3v) is 3.06. The molecule has 0 heterocycles. The highest BCUT2D eigenvalue weighted by Gasteiger charge is 2.04. The highest BCUT2D eigenvalue weighted by Crippen LogP contribution is 2.27. The summed E-state index contributed by atoms with van der Waals surface area (Å²) in [5, 5.41) is 9.54. The van der Waals surface area contributed by atoms with Crippen molar-refractivity contribution in [2.75, 3.05) is 12.9 Å². The van der Waals surface area contributed by atoms with Crippen LogP contribution in [0.5, 0.6) is 0 Å². The second-order valence-electron chi connectivity index (χ2n) is 2.75. The van der Waals surface area contributed by atoms with Crippen molar-refractivity contribution < 1.29 is 5.11 Å². The van der Waals surface area contributed by atoms with Crippen molar-refractivity contribution in [2.45, 2.75) is 17.7 Å². The molecule has 72 valence electrons. The Morgan fingerprint density at radius 3 is 2.85 bits per heavy atom. The fourth-order valence-electron chi connectivity index (χ4n) is 1.23. The third kappa shape index (κ3) is 2.90. The van der Waals surface area contributed by atoms with Crippen LogP contribution in [0.2, 0.25) is 5.02 Å². The smallest absolute Gasteiger partial charge is 0.0449 e. The predicted molar refractivity (Wildman–Crippen MR) is 58.6 cm³/mol. The highest BCUT2D eigenvalue weighted by atomic mass is 35.5. The van der Waals surface area contributed by atoms with Gasteiger partial charge >= 0.3 is 0 Å². The van der Waals surface area contributed by atoms with Gasteiger partial charge in [0, 0.05) is 16.5 Å². The lowest BCUT2D eigenvalue weighted by Gasteiger charge is -2.08. The third-order valence-electron chi connectivity index (χ3n) is 1.88. The van der Waals surface area contributed by atoms with Crippen LogP contribution in [-0.4, -0.2) is 18.0 Å². The Morgan fingerprint density at radius 1 is 1.46 bits per heavy atom. The van der Waals surface area contributed by atoms with Crippen molar-refractivity contribution in [3.8, 4) is 0 Å². The van der Waals surface area contributed by atoms with Crippen LogP contribution < -0.4 is 0 Å². The summed E-state index contributed by atoms with van der Waals surface area (Å²) in [6, 6.07) is 5.91. The molecule has 0 saturated heterocycles. The molecule has 0 bridgehead atoms. The molecule has 0 aromatic heterocycles. The van der Waals surface area contributed by atoms with E-state index in [2.05, 4.69) is 6.07 Å². The first-order chi connectivity index (χ1) is 6.29. The van der Waals surface area contributed by atoms with Crippen LogP contribution in [0.25, 0.3) is 0 Å². The minimum atomic E-state index is 0.221. The van der Waals surface area contributed by atoms with Gasteiger partial charge in [0.2, 0.25) is 0 Å². The van der Waals surface area contributed by atoms with Gasteiger partial charge in [0.15, 0.2) is 0 Å². The number of hydrogen-bond acceptors (Lipinski definition) is 2. The molecule has 0 aliphatic heterocycles. The summed E-state index contributed by atoms with van der Waals surface area (Å²) in [5.41, 5.74) is 1.16. The van der Waals surface area contributed by atoms with Gasteiger partial charge in [0.25, 0.3) is 0 Å². The molecule has 1 nitrogen and oxygen atoms in total. The lowest BCUT2D eigenvalue weighted by atomic mass is 10.1. The number of benzene rings is 1. The highest BCUT2D eigenvalue weighted by molar-refractivity contribution is 7.98. The second-order valence-corrected chi connectivity index (χ2v) is 4.00. The maximum Gasteiger partial charge on any atom is 0.0449 e. The Bertz CT molecular complexity index is 276. The van der Waals surface area contributed by atoms with Crippen LogP contribution in [0.15, 0.2) is 23.1 Å². The van der Waals surface area contributed by atoms with Crippen molar-refractivity contribution in [1.29, 1.82) is 0 Å². The molecule has 0 spiro atoms. The summed E-state index contributed by atoms with van der Waals surface area (Å²) in [5.74, 6) is 0. The van der Waals surface area contributed by atoms with E-state index in [1.54, 1.807) is 11.8 Å². The summed E-state index contributed by atoms with van der Waals surface area (Å²) in [6.45, 7) is 0.221.